The van der Waals surface area contributed by atoms with Gasteiger partial charge in [-0.2, -0.15) is 0 Å². The molecular weight excluding hydrogens is 222 g/mol. The Morgan fingerprint density at radius 2 is 2.06 bits per heavy atom. The molecule has 0 saturated carbocycles. The average molecular weight is 232 g/mol. The molecule has 3 rings (SSSR count). The summed E-state index contributed by atoms with van der Waals surface area (Å²) in [5, 5.41) is 2.99. The number of pyridine rings is 1. The minimum Gasteiger partial charge on any atom is -0.382 e. The smallest absolute Gasteiger partial charge is 0.147 e. The van der Waals surface area contributed by atoms with Gasteiger partial charge in [0.15, 0.2) is 0 Å². The minimum absolute atomic E-state index is 0.548. The molecule has 0 unspecified atom stereocenters. The maximum atomic E-state index is 6.00. The van der Waals surface area contributed by atoms with Crippen molar-refractivity contribution in [2.75, 3.05) is 5.73 Å². The van der Waals surface area contributed by atoms with Crippen LogP contribution in [-0.4, -0.2) is 9.55 Å². The molecule has 3 aromatic rings. The molecule has 3 nitrogen and oxygen atoms in total. The van der Waals surface area contributed by atoms with Gasteiger partial charge < -0.3 is 10.3 Å². The van der Waals surface area contributed by atoms with Gasteiger partial charge in [0.1, 0.15) is 5.82 Å². The van der Waals surface area contributed by atoms with E-state index in [1.54, 1.807) is 6.20 Å². The third-order valence-corrected chi connectivity index (χ3v) is 3.13. The van der Waals surface area contributed by atoms with Crippen LogP contribution in [0.2, 0.25) is 5.02 Å². The Balaban J connectivity index is 2.64. The van der Waals surface area contributed by atoms with Crippen molar-refractivity contribution >= 4 is 39.2 Å². The molecule has 0 atom stereocenters. The largest absolute Gasteiger partial charge is 0.382 e. The Morgan fingerprint density at radius 3 is 2.88 bits per heavy atom. The summed E-state index contributed by atoms with van der Waals surface area (Å²) >= 11 is 6.00. The van der Waals surface area contributed by atoms with Gasteiger partial charge in [-0.3, -0.25) is 0 Å². The molecule has 0 aliphatic heterocycles. The maximum Gasteiger partial charge on any atom is 0.147 e. The van der Waals surface area contributed by atoms with Crippen LogP contribution < -0.4 is 5.73 Å². The summed E-state index contributed by atoms with van der Waals surface area (Å²) in [5.41, 5.74) is 7.92. The first-order valence-corrected chi connectivity index (χ1v) is 5.34. The number of halogens is 1. The molecule has 0 aliphatic carbocycles. The predicted octanol–water partition coefficient (Wildman–Crippen LogP) is 2.96. The first-order valence-electron chi connectivity index (χ1n) is 4.96. The number of nitrogen functional groups attached to an aromatic ring is 1. The van der Waals surface area contributed by atoms with E-state index in [1.807, 2.05) is 35.9 Å². The molecule has 0 bridgehead atoms. The highest BCUT2D eigenvalue weighted by Gasteiger charge is 2.10. The Labute approximate surface area is 97.4 Å². The van der Waals surface area contributed by atoms with E-state index in [0.717, 1.165) is 26.8 Å². The zero-order valence-corrected chi connectivity index (χ0v) is 9.49. The van der Waals surface area contributed by atoms with Crippen molar-refractivity contribution in [3.8, 4) is 0 Å². The van der Waals surface area contributed by atoms with Crippen LogP contribution in [0.1, 0.15) is 0 Å². The van der Waals surface area contributed by atoms with Gasteiger partial charge in [0.2, 0.25) is 0 Å². The number of rotatable bonds is 0. The van der Waals surface area contributed by atoms with Gasteiger partial charge in [0, 0.05) is 29.0 Å². The minimum atomic E-state index is 0.548. The number of hydrogen-bond donors (Lipinski definition) is 1. The van der Waals surface area contributed by atoms with Crippen molar-refractivity contribution in [1.29, 1.82) is 0 Å². The summed E-state index contributed by atoms with van der Waals surface area (Å²) in [4.78, 5) is 4.11. The summed E-state index contributed by atoms with van der Waals surface area (Å²) in [7, 11) is 1.97. The van der Waals surface area contributed by atoms with E-state index in [2.05, 4.69) is 4.98 Å². The number of nitrogens with zero attached hydrogens (tertiary/aromatic N) is 2. The van der Waals surface area contributed by atoms with Crippen molar-refractivity contribution in [3.63, 3.8) is 0 Å². The van der Waals surface area contributed by atoms with Gasteiger partial charge in [-0.05, 0) is 18.2 Å². The Hall–Kier alpha value is -1.74. The van der Waals surface area contributed by atoms with Crippen LogP contribution in [-0.2, 0) is 7.05 Å². The van der Waals surface area contributed by atoms with E-state index in [0.29, 0.717) is 5.82 Å². The second-order valence-corrected chi connectivity index (χ2v) is 4.25. The molecule has 80 valence electrons. The SMILES string of the molecule is Cn1c2cc(Cl)ccc2c2ccnc(N)c21. The maximum absolute atomic E-state index is 6.00. The standard InChI is InChI=1S/C12H10ClN3/c1-16-10-6-7(13)2-3-8(10)9-4-5-15-12(14)11(9)16/h2-6H,1H3,(H2,14,15). The zero-order chi connectivity index (χ0) is 11.3. The molecule has 0 radical (unpaired) electrons. The van der Waals surface area contributed by atoms with E-state index in [-0.39, 0.29) is 0 Å². The first kappa shape index (κ1) is 9.48. The number of aryl methyl sites for hydroxylation is 1. The first-order chi connectivity index (χ1) is 7.68. The number of benzene rings is 1. The van der Waals surface area contributed by atoms with Gasteiger partial charge >= 0.3 is 0 Å². The van der Waals surface area contributed by atoms with Gasteiger partial charge in [0.05, 0.1) is 11.0 Å². The molecular formula is C12H10ClN3. The van der Waals surface area contributed by atoms with E-state index < -0.39 is 0 Å². The highest BCUT2D eigenvalue weighted by atomic mass is 35.5. The summed E-state index contributed by atoms with van der Waals surface area (Å²) in [6.45, 7) is 0. The van der Waals surface area contributed by atoms with E-state index in [9.17, 15) is 0 Å². The molecule has 2 aromatic heterocycles. The third-order valence-electron chi connectivity index (χ3n) is 2.90. The Bertz CT molecular complexity index is 700. The number of nitrogens with two attached hydrogens (primary N) is 1. The molecule has 0 saturated heterocycles. The fourth-order valence-electron chi connectivity index (χ4n) is 2.17. The average Bonchev–Trinajstić information content (AvgIpc) is 2.54. The molecule has 4 heteroatoms. The molecule has 0 fully saturated rings. The molecule has 2 heterocycles. The topological polar surface area (TPSA) is 43.8 Å². The number of anilines is 1. The second kappa shape index (κ2) is 3.12. The van der Waals surface area contributed by atoms with Gasteiger partial charge in [-0.1, -0.05) is 17.7 Å². The molecule has 1 aromatic carbocycles. The monoisotopic (exact) mass is 231 g/mol. The summed E-state index contributed by atoms with van der Waals surface area (Å²) in [6, 6.07) is 7.82. The number of aromatic nitrogens is 2. The quantitative estimate of drug-likeness (QED) is 0.647. The van der Waals surface area contributed by atoms with Gasteiger partial charge in [-0.15, -0.1) is 0 Å². The fraction of sp³-hybridized carbons (Fsp3) is 0.0833. The number of fused-ring (bicyclic) bond motifs is 3. The van der Waals surface area contributed by atoms with Gasteiger partial charge in [-0.25, -0.2) is 4.98 Å². The van der Waals surface area contributed by atoms with Crippen LogP contribution in [0.25, 0.3) is 21.8 Å². The highest BCUT2D eigenvalue weighted by molar-refractivity contribution is 6.31. The van der Waals surface area contributed by atoms with E-state index in [1.165, 1.54) is 0 Å². The third kappa shape index (κ3) is 1.12. The van der Waals surface area contributed by atoms with Crippen molar-refractivity contribution in [3.05, 3.63) is 35.5 Å². The van der Waals surface area contributed by atoms with Crippen LogP contribution in [0.5, 0.6) is 0 Å². The van der Waals surface area contributed by atoms with Gasteiger partial charge in [0.25, 0.3) is 0 Å². The second-order valence-electron chi connectivity index (χ2n) is 3.81. The molecule has 16 heavy (non-hydrogen) atoms. The fourth-order valence-corrected chi connectivity index (χ4v) is 2.34. The van der Waals surface area contributed by atoms with Crippen LogP contribution in [0.3, 0.4) is 0 Å². The van der Waals surface area contributed by atoms with Crippen molar-refractivity contribution < 1.29 is 0 Å². The van der Waals surface area contributed by atoms with Crippen molar-refractivity contribution in [2.24, 2.45) is 7.05 Å². The lowest BCUT2D eigenvalue weighted by Gasteiger charge is -1.99. The molecule has 0 amide bonds. The normalized spacial score (nSPS) is 11.4. The highest BCUT2D eigenvalue weighted by Crippen LogP contribution is 2.31. The molecule has 2 N–H and O–H groups in total. The summed E-state index contributed by atoms with van der Waals surface area (Å²) in [6.07, 6.45) is 1.73. The van der Waals surface area contributed by atoms with Crippen molar-refractivity contribution in [2.45, 2.75) is 0 Å². The molecule has 0 aliphatic rings. The summed E-state index contributed by atoms with van der Waals surface area (Å²) < 4.78 is 2.03. The number of hydrogen-bond acceptors (Lipinski definition) is 2. The van der Waals surface area contributed by atoms with E-state index >= 15 is 0 Å². The Kier molecular flexibility index (Phi) is 1.85. The van der Waals surface area contributed by atoms with E-state index in [4.69, 9.17) is 17.3 Å². The van der Waals surface area contributed by atoms with Crippen LogP contribution in [0.15, 0.2) is 30.5 Å². The van der Waals surface area contributed by atoms with Crippen LogP contribution in [0.4, 0.5) is 5.82 Å². The lowest BCUT2D eigenvalue weighted by molar-refractivity contribution is 1.01. The Morgan fingerprint density at radius 1 is 1.25 bits per heavy atom. The van der Waals surface area contributed by atoms with Crippen LogP contribution >= 0.6 is 11.6 Å². The summed E-state index contributed by atoms with van der Waals surface area (Å²) in [5.74, 6) is 0.548. The lowest BCUT2D eigenvalue weighted by Crippen LogP contribution is -1.95. The zero-order valence-electron chi connectivity index (χ0n) is 8.74. The predicted molar refractivity (Wildman–Crippen MR) is 67.6 cm³/mol. The molecule has 0 spiro atoms. The van der Waals surface area contributed by atoms with Crippen molar-refractivity contribution in [1.82, 2.24) is 9.55 Å². The van der Waals surface area contributed by atoms with Crippen LogP contribution in [0, 0.1) is 0 Å². The lowest BCUT2D eigenvalue weighted by atomic mass is 10.2.